The third kappa shape index (κ3) is 3.71. The van der Waals surface area contributed by atoms with E-state index in [2.05, 4.69) is 71.7 Å². The van der Waals surface area contributed by atoms with E-state index in [0.29, 0.717) is 6.04 Å². The summed E-state index contributed by atoms with van der Waals surface area (Å²) in [6.45, 7) is 6.80. The molecular formula is C22H25N3O. The largest absolute Gasteiger partial charge is 0.379 e. The Hall–Kier alpha value is -2.43. The number of morpholine rings is 1. The Morgan fingerprint density at radius 3 is 2.58 bits per heavy atom. The predicted molar refractivity (Wildman–Crippen MR) is 108 cm³/mol. The zero-order valence-electron chi connectivity index (χ0n) is 15.2. The lowest BCUT2D eigenvalue weighted by Crippen LogP contribution is -2.45. The van der Waals surface area contributed by atoms with Gasteiger partial charge in [0.15, 0.2) is 0 Å². The number of rotatable bonds is 5. The van der Waals surface area contributed by atoms with Gasteiger partial charge in [-0.1, -0.05) is 48.5 Å². The van der Waals surface area contributed by atoms with Crippen LogP contribution in [0, 0.1) is 0 Å². The number of fused-ring (bicyclic) bond motifs is 1. The number of pyridine rings is 1. The summed E-state index contributed by atoms with van der Waals surface area (Å²) >= 11 is 0. The molecule has 1 aliphatic heterocycles. The fourth-order valence-corrected chi connectivity index (χ4v) is 3.52. The Morgan fingerprint density at radius 1 is 1.04 bits per heavy atom. The van der Waals surface area contributed by atoms with Crippen LogP contribution in [-0.2, 0) is 4.74 Å². The van der Waals surface area contributed by atoms with E-state index < -0.39 is 0 Å². The van der Waals surface area contributed by atoms with Crippen LogP contribution in [0.4, 0.5) is 5.82 Å². The van der Waals surface area contributed by atoms with E-state index in [1.807, 2.05) is 6.07 Å². The topological polar surface area (TPSA) is 37.4 Å². The zero-order chi connectivity index (χ0) is 17.8. The van der Waals surface area contributed by atoms with Gasteiger partial charge in [-0.2, -0.15) is 0 Å². The summed E-state index contributed by atoms with van der Waals surface area (Å²) in [7, 11) is 0. The average molecular weight is 347 g/mol. The maximum Gasteiger partial charge on any atom is 0.127 e. The summed E-state index contributed by atoms with van der Waals surface area (Å²) in [6, 6.07) is 21.5. The van der Waals surface area contributed by atoms with Gasteiger partial charge >= 0.3 is 0 Å². The molecule has 3 aromatic rings. The van der Waals surface area contributed by atoms with Crippen molar-refractivity contribution >= 4 is 16.7 Å². The number of anilines is 1. The van der Waals surface area contributed by atoms with Crippen LogP contribution in [-0.4, -0.2) is 48.8 Å². The molecule has 0 bridgehead atoms. The normalized spacial score (nSPS) is 16.5. The molecule has 0 aliphatic carbocycles. The summed E-state index contributed by atoms with van der Waals surface area (Å²) in [5.41, 5.74) is 3.46. The maximum atomic E-state index is 5.45. The van der Waals surface area contributed by atoms with Crippen LogP contribution in [0.25, 0.3) is 22.0 Å². The molecule has 0 amide bonds. The number of hydrogen-bond donors (Lipinski definition) is 1. The quantitative estimate of drug-likeness (QED) is 0.756. The number of nitrogens with one attached hydrogen (secondary N) is 1. The maximum absolute atomic E-state index is 5.45. The van der Waals surface area contributed by atoms with Gasteiger partial charge in [0, 0.05) is 31.1 Å². The molecule has 1 saturated heterocycles. The van der Waals surface area contributed by atoms with Gasteiger partial charge in [-0.25, -0.2) is 4.98 Å². The highest BCUT2D eigenvalue weighted by Crippen LogP contribution is 2.30. The van der Waals surface area contributed by atoms with Crippen LogP contribution < -0.4 is 5.32 Å². The standard InChI is InChI=1S/C22H25N3O/c1-17(25-11-13-26-14-12-25)16-23-22-15-20(18-7-3-2-4-8-18)19-9-5-6-10-21(19)24-22/h2-10,15,17H,11-14,16H2,1H3,(H,23,24). The Kier molecular flexibility index (Phi) is 5.14. The molecule has 1 N–H and O–H groups in total. The van der Waals surface area contributed by atoms with Gasteiger partial charge in [0.05, 0.1) is 18.7 Å². The Labute approximate surface area is 154 Å². The summed E-state index contributed by atoms with van der Waals surface area (Å²) in [5.74, 6) is 0.933. The number of benzene rings is 2. The molecule has 1 atom stereocenters. The average Bonchev–Trinajstić information content (AvgIpc) is 2.72. The van der Waals surface area contributed by atoms with Crippen molar-refractivity contribution in [2.75, 3.05) is 38.2 Å². The first kappa shape index (κ1) is 17.0. The van der Waals surface area contributed by atoms with Crippen LogP contribution in [0.3, 0.4) is 0 Å². The molecule has 2 aromatic carbocycles. The molecule has 2 heterocycles. The Morgan fingerprint density at radius 2 is 1.77 bits per heavy atom. The predicted octanol–water partition coefficient (Wildman–Crippen LogP) is 4.03. The van der Waals surface area contributed by atoms with Crippen LogP contribution in [0.15, 0.2) is 60.7 Å². The third-order valence-corrected chi connectivity index (χ3v) is 5.05. The number of aromatic nitrogens is 1. The highest BCUT2D eigenvalue weighted by molar-refractivity contribution is 5.96. The molecule has 1 aromatic heterocycles. The van der Waals surface area contributed by atoms with E-state index in [1.165, 1.54) is 16.5 Å². The first-order valence-corrected chi connectivity index (χ1v) is 9.32. The first-order valence-electron chi connectivity index (χ1n) is 9.32. The van der Waals surface area contributed by atoms with Crippen molar-refractivity contribution in [3.8, 4) is 11.1 Å². The summed E-state index contributed by atoms with van der Waals surface area (Å²) in [6.07, 6.45) is 0. The molecule has 0 spiro atoms. The second-order valence-electron chi connectivity index (χ2n) is 6.82. The molecule has 4 nitrogen and oxygen atoms in total. The van der Waals surface area contributed by atoms with E-state index in [0.717, 1.165) is 44.2 Å². The van der Waals surface area contributed by atoms with Crippen LogP contribution in [0.1, 0.15) is 6.92 Å². The van der Waals surface area contributed by atoms with Gasteiger partial charge in [-0.15, -0.1) is 0 Å². The second-order valence-corrected chi connectivity index (χ2v) is 6.82. The van der Waals surface area contributed by atoms with Crippen molar-refractivity contribution in [1.82, 2.24) is 9.88 Å². The SMILES string of the molecule is CC(CNc1cc(-c2ccccc2)c2ccccc2n1)N1CCOCC1. The summed E-state index contributed by atoms with van der Waals surface area (Å²) < 4.78 is 5.45. The number of ether oxygens (including phenoxy) is 1. The second kappa shape index (κ2) is 7.85. The van der Waals surface area contributed by atoms with Gasteiger partial charge in [-0.3, -0.25) is 4.90 Å². The van der Waals surface area contributed by atoms with Crippen LogP contribution >= 0.6 is 0 Å². The molecule has 4 rings (SSSR count). The molecule has 4 heteroatoms. The molecule has 26 heavy (non-hydrogen) atoms. The van der Waals surface area contributed by atoms with Crippen molar-refractivity contribution in [3.05, 3.63) is 60.7 Å². The van der Waals surface area contributed by atoms with Crippen LogP contribution in [0.5, 0.6) is 0 Å². The lowest BCUT2D eigenvalue weighted by Gasteiger charge is -2.32. The van der Waals surface area contributed by atoms with Crippen molar-refractivity contribution in [2.45, 2.75) is 13.0 Å². The van der Waals surface area contributed by atoms with Gasteiger partial charge in [0.1, 0.15) is 5.82 Å². The minimum absolute atomic E-state index is 0.451. The Balaban J connectivity index is 1.59. The van der Waals surface area contributed by atoms with E-state index in [9.17, 15) is 0 Å². The molecule has 134 valence electrons. The van der Waals surface area contributed by atoms with E-state index in [4.69, 9.17) is 9.72 Å². The van der Waals surface area contributed by atoms with Crippen molar-refractivity contribution in [2.24, 2.45) is 0 Å². The lowest BCUT2D eigenvalue weighted by molar-refractivity contribution is 0.0227. The first-order chi connectivity index (χ1) is 12.8. The molecule has 1 fully saturated rings. The lowest BCUT2D eigenvalue weighted by atomic mass is 10.0. The summed E-state index contributed by atoms with van der Waals surface area (Å²) in [4.78, 5) is 7.29. The van der Waals surface area contributed by atoms with E-state index in [1.54, 1.807) is 0 Å². The van der Waals surface area contributed by atoms with Gasteiger partial charge in [0.25, 0.3) is 0 Å². The Bertz CT molecular complexity index is 860. The molecule has 1 unspecified atom stereocenters. The van der Waals surface area contributed by atoms with Crippen LogP contribution in [0.2, 0.25) is 0 Å². The molecule has 0 radical (unpaired) electrons. The smallest absolute Gasteiger partial charge is 0.127 e. The molecule has 1 aliphatic rings. The van der Waals surface area contributed by atoms with Gasteiger partial charge in [-0.05, 0) is 30.2 Å². The summed E-state index contributed by atoms with van der Waals surface area (Å²) in [5, 5.41) is 4.74. The van der Waals surface area contributed by atoms with Crippen molar-refractivity contribution < 1.29 is 4.74 Å². The highest BCUT2D eigenvalue weighted by Gasteiger charge is 2.17. The zero-order valence-corrected chi connectivity index (χ0v) is 15.2. The fraction of sp³-hybridized carbons (Fsp3) is 0.318. The minimum Gasteiger partial charge on any atom is -0.379 e. The number of para-hydroxylation sites is 1. The number of hydrogen-bond acceptors (Lipinski definition) is 4. The monoisotopic (exact) mass is 347 g/mol. The fourth-order valence-electron chi connectivity index (χ4n) is 3.52. The van der Waals surface area contributed by atoms with E-state index >= 15 is 0 Å². The van der Waals surface area contributed by atoms with Crippen molar-refractivity contribution in [3.63, 3.8) is 0 Å². The van der Waals surface area contributed by atoms with Crippen molar-refractivity contribution in [1.29, 1.82) is 0 Å². The highest BCUT2D eigenvalue weighted by atomic mass is 16.5. The minimum atomic E-state index is 0.451. The van der Waals surface area contributed by atoms with Gasteiger partial charge < -0.3 is 10.1 Å². The number of nitrogens with zero attached hydrogens (tertiary/aromatic N) is 2. The molecular weight excluding hydrogens is 322 g/mol. The van der Waals surface area contributed by atoms with E-state index in [-0.39, 0.29) is 0 Å². The third-order valence-electron chi connectivity index (χ3n) is 5.05. The van der Waals surface area contributed by atoms with Gasteiger partial charge in [0.2, 0.25) is 0 Å². The molecule has 0 saturated carbocycles.